The molecule has 5 aliphatic rings. The Bertz CT molecular complexity index is 1840. The van der Waals surface area contributed by atoms with E-state index in [0.717, 1.165) is 0 Å². The Morgan fingerprint density at radius 3 is 2.31 bits per heavy atom. The Kier molecular flexibility index (Phi) is 10.0. The molecule has 6 N–H and O–H groups in total. The molecule has 16 heteroatoms. The molecule has 2 saturated heterocycles. The quantitative estimate of drug-likeness (QED) is 0.169. The molecule has 1 aromatic carbocycles. The van der Waals surface area contributed by atoms with Crippen LogP contribution in [0, 0.1) is 16.7 Å². The molecule has 2 amide bonds. The van der Waals surface area contributed by atoms with Crippen molar-refractivity contribution >= 4 is 23.8 Å². The number of urea groups is 1. The monoisotopic (exact) mass is 768 g/mol. The third-order valence-electron chi connectivity index (χ3n) is 12.9. The maximum atomic E-state index is 14.7. The molecule has 2 aliphatic heterocycles. The van der Waals surface area contributed by atoms with E-state index in [2.05, 4.69) is 5.32 Å². The molecule has 11 atom stereocenters. The van der Waals surface area contributed by atoms with Gasteiger partial charge in [0.1, 0.15) is 41.3 Å². The molecule has 3 aliphatic carbocycles. The molecular weight excluding hydrogens is 720 g/mol. The highest BCUT2D eigenvalue weighted by Crippen LogP contribution is 2.63. The lowest BCUT2D eigenvalue weighted by atomic mass is 9.44. The van der Waals surface area contributed by atoms with Crippen LogP contribution in [-0.4, -0.2) is 135 Å². The van der Waals surface area contributed by atoms with Gasteiger partial charge in [0.25, 0.3) is 0 Å². The number of nitrogens with one attached hydrogen (secondary N) is 1. The number of aliphatic hydroxyl groups is 5. The number of benzene rings is 1. The Morgan fingerprint density at radius 1 is 1.00 bits per heavy atom. The van der Waals surface area contributed by atoms with Crippen molar-refractivity contribution in [1.29, 1.82) is 0 Å². The smallest absolute Gasteiger partial charge is 0.338 e. The van der Waals surface area contributed by atoms with E-state index >= 15 is 0 Å². The Labute approximate surface area is 317 Å². The summed E-state index contributed by atoms with van der Waals surface area (Å²) in [7, 11) is 0. The van der Waals surface area contributed by atoms with Gasteiger partial charge in [-0.05, 0) is 49.3 Å². The van der Waals surface area contributed by atoms with E-state index < -0.39 is 101 Å². The van der Waals surface area contributed by atoms with E-state index in [0.29, 0.717) is 13.2 Å². The SMILES string of the molecule is CC1=C2C(O)C(=O)[C@]3(C)C(O)CC4OCC4(O)C3C(OC(=O)c3ccccc3)C(O)(CC1OC(=O)C(O)C(NC(=O)N1CCOCC1)c1ccco1)C2(C)C. The molecular formula is C39H48N2O14. The number of fused-ring (bicyclic) bond motifs is 5. The minimum absolute atomic E-state index is 0.0456. The summed E-state index contributed by atoms with van der Waals surface area (Å²) in [5.41, 5.74) is -7.56. The van der Waals surface area contributed by atoms with Crippen molar-refractivity contribution in [3.05, 3.63) is 71.2 Å². The highest BCUT2D eigenvalue weighted by molar-refractivity contribution is 5.94. The topological polar surface area (TPSA) is 235 Å². The highest BCUT2D eigenvalue weighted by atomic mass is 16.6. The number of carbonyl (C=O) groups excluding carboxylic acids is 4. The number of furan rings is 1. The molecule has 298 valence electrons. The molecule has 3 heterocycles. The number of morpholine rings is 1. The average Bonchev–Trinajstić information content (AvgIpc) is 3.71. The maximum absolute atomic E-state index is 14.7. The van der Waals surface area contributed by atoms with E-state index in [4.69, 9.17) is 23.4 Å². The van der Waals surface area contributed by atoms with Crippen molar-refractivity contribution in [3.63, 3.8) is 0 Å². The highest BCUT2D eigenvalue weighted by Gasteiger charge is 2.76. The summed E-state index contributed by atoms with van der Waals surface area (Å²) >= 11 is 0. The molecule has 2 bridgehead atoms. The number of ketones is 1. The third kappa shape index (κ3) is 6.09. The first kappa shape index (κ1) is 39.1. The van der Waals surface area contributed by atoms with Crippen LogP contribution in [0.4, 0.5) is 4.79 Å². The lowest BCUT2D eigenvalue weighted by molar-refractivity contribution is -0.343. The van der Waals surface area contributed by atoms with Gasteiger partial charge in [-0.2, -0.15) is 0 Å². The number of rotatable bonds is 7. The minimum Gasteiger partial charge on any atom is -0.467 e. The summed E-state index contributed by atoms with van der Waals surface area (Å²) < 4.78 is 28.6. The summed E-state index contributed by atoms with van der Waals surface area (Å²) in [6.07, 6.45) is -9.09. The predicted molar refractivity (Wildman–Crippen MR) is 188 cm³/mol. The number of carbonyl (C=O) groups is 4. The van der Waals surface area contributed by atoms with Crippen LogP contribution < -0.4 is 5.32 Å². The largest absolute Gasteiger partial charge is 0.467 e. The summed E-state index contributed by atoms with van der Waals surface area (Å²) in [5, 5.41) is 63.2. The Hall–Kier alpha value is -4.16. The Balaban J connectivity index is 1.29. The average molecular weight is 769 g/mol. The summed E-state index contributed by atoms with van der Waals surface area (Å²) in [4.78, 5) is 57.2. The fourth-order valence-corrected chi connectivity index (χ4v) is 9.49. The fraction of sp³-hybridized carbons (Fsp3) is 0.590. The number of hydrogen-bond donors (Lipinski definition) is 6. The number of amides is 2. The van der Waals surface area contributed by atoms with Gasteiger partial charge >= 0.3 is 18.0 Å². The van der Waals surface area contributed by atoms with Crippen molar-refractivity contribution in [1.82, 2.24) is 10.2 Å². The Morgan fingerprint density at radius 2 is 1.69 bits per heavy atom. The number of ether oxygens (including phenoxy) is 4. The lowest BCUT2D eigenvalue weighted by Gasteiger charge is -2.66. The van der Waals surface area contributed by atoms with Crippen molar-refractivity contribution in [3.8, 4) is 0 Å². The van der Waals surface area contributed by atoms with Crippen molar-refractivity contribution in [2.75, 3.05) is 32.9 Å². The minimum atomic E-state index is -2.31. The van der Waals surface area contributed by atoms with Gasteiger partial charge in [0, 0.05) is 37.3 Å². The number of Topliss-reactive ketones (excluding diaryl/α,β-unsaturated/α-hetero) is 1. The van der Waals surface area contributed by atoms with E-state index in [9.17, 15) is 44.7 Å². The molecule has 16 nitrogen and oxygen atoms in total. The second-order valence-electron chi connectivity index (χ2n) is 16.0. The molecule has 2 saturated carbocycles. The van der Waals surface area contributed by atoms with E-state index in [1.165, 1.54) is 49.3 Å². The van der Waals surface area contributed by atoms with Gasteiger partial charge < -0.3 is 59.1 Å². The van der Waals surface area contributed by atoms with Crippen LogP contribution in [0.25, 0.3) is 0 Å². The zero-order chi connectivity index (χ0) is 39.7. The first-order valence-corrected chi connectivity index (χ1v) is 18.5. The van der Waals surface area contributed by atoms with E-state index in [1.807, 2.05) is 0 Å². The number of esters is 2. The van der Waals surface area contributed by atoms with Gasteiger partial charge in [-0.3, -0.25) is 4.79 Å². The molecule has 7 rings (SSSR count). The van der Waals surface area contributed by atoms with Crippen LogP contribution in [0.2, 0.25) is 0 Å². The van der Waals surface area contributed by atoms with Gasteiger partial charge in [0.05, 0.1) is 49.3 Å². The number of nitrogens with zero attached hydrogens (tertiary/aromatic N) is 1. The van der Waals surface area contributed by atoms with Crippen LogP contribution in [0.3, 0.4) is 0 Å². The second kappa shape index (κ2) is 14.1. The van der Waals surface area contributed by atoms with Gasteiger partial charge in [0.15, 0.2) is 11.9 Å². The van der Waals surface area contributed by atoms with Crippen LogP contribution in [-0.2, 0) is 28.5 Å². The zero-order valence-corrected chi connectivity index (χ0v) is 31.0. The molecule has 2 aromatic rings. The normalized spacial score (nSPS) is 36.5. The molecule has 55 heavy (non-hydrogen) atoms. The third-order valence-corrected chi connectivity index (χ3v) is 12.9. The second-order valence-corrected chi connectivity index (χ2v) is 16.0. The molecule has 4 fully saturated rings. The summed E-state index contributed by atoms with van der Waals surface area (Å²) in [5.74, 6) is -4.52. The first-order valence-electron chi connectivity index (χ1n) is 18.5. The lowest BCUT2D eigenvalue weighted by Crippen LogP contribution is -2.81. The van der Waals surface area contributed by atoms with Crippen LogP contribution >= 0.6 is 0 Å². The standard InChI is InChI=1S/C39H48N2O14/c1-20-23(54-34(47)29(44)27(22-11-8-14-52-22)40-35(48)41-12-15-51-16-13-41)18-39(50)32(55-33(46)21-9-6-5-7-10-21)30-37(4,24(42)17-25-38(30,49)19-53-25)31(45)28(43)26(20)36(39,2)3/h5-11,14,23-25,27-30,32,42-44,49-50H,12-13,15-19H2,1-4H3,(H,40,48)/t23?,24?,25?,27?,28?,29?,30?,32?,37-,38?,39?/m1/s1. The zero-order valence-electron chi connectivity index (χ0n) is 31.0. The fourth-order valence-electron chi connectivity index (χ4n) is 9.49. The summed E-state index contributed by atoms with van der Waals surface area (Å²) in [6, 6.07) is 8.85. The van der Waals surface area contributed by atoms with Crippen molar-refractivity contribution < 1.29 is 68.1 Å². The van der Waals surface area contributed by atoms with Crippen LogP contribution in [0.1, 0.15) is 62.7 Å². The van der Waals surface area contributed by atoms with Gasteiger partial charge in [-0.15, -0.1) is 0 Å². The molecule has 10 unspecified atom stereocenters. The van der Waals surface area contributed by atoms with Crippen molar-refractivity contribution in [2.45, 2.75) is 94.4 Å². The van der Waals surface area contributed by atoms with Crippen LogP contribution in [0.15, 0.2) is 64.3 Å². The predicted octanol–water partition coefficient (Wildman–Crippen LogP) is 0.799. The van der Waals surface area contributed by atoms with Gasteiger partial charge in [-0.1, -0.05) is 32.0 Å². The molecule has 1 aromatic heterocycles. The first-order chi connectivity index (χ1) is 26.0. The molecule has 0 spiro atoms. The van der Waals surface area contributed by atoms with E-state index in [-0.39, 0.29) is 48.6 Å². The number of hydrogen-bond acceptors (Lipinski definition) is 14. The van der Waals surface area contributed by atoms with E-state index in [1.54, 1.807) is 32.0 Å². The number of aliphatic hydroxyl groups excluding tert-OH is 3. The van der Waals surface area contributed by atoms with Gasteiger partial charge in [0.2, 0.25) is 0 Å². The van der Waals surface area contributed by atoms with Crippen molar-refractivity contribution in [2.24, 2.45) is 16.7 Å². The summed E-state index contributed by atoms with van der Waals surface area (Å²) in [6.45, 7) is 6.82. The molecule has 0 radical (unpaired) electrons. The maximum Gasteiger partial charge on any atom is 0.338 e. The van der Waals surface area contributed by atoms with Crippen LogP contribution in [0.5, 0.6) is 0 Å². The van der Waals surface area contributed by atoms with Gasteiger partial charge in [-0.25, -0.2) is 14.4 Å².